The summed E-state index contributed by atoms with van der Waals surface area (Å²) in [6, 6.07) is 0. The van der Waals surface area contributed by atoms with Gasteiger partial charge in [-0.25, -0.2) is 43.9 Å². The lowest BCUT2D eigenvalue weighted by molar-refractivity contribution is 0.0933. The van der Waals surface area contributed by atoms with Crippen LogP contribution in [0.5, 0.6) is 0 Å². The van der Waals surface area contributed by atoms with E-state index in [4.69, 9.17) is 0 Å². The van der Waals surface area contributed by atoms with Crippen molar-refractivity contribution >= 4 is 11.8 Å². The van der Waals surface area contributed by atoms with E-state index in [9.17, 15) is 53.5 Å². The fraction of sp³-hybridized carbons (Fsp3) is 0.333. The average molecular weight is 518 g/mol. The van der Waals surface area contributed by atoms with Gasteiger partial charge in [0.05, 0.1) is 0 Å². The van der Waals surface area contributed by atoms with E-state index in [0.29, 0.717) is 19.3 Å². The fourth-order valence-electron chi connectivity index (χ4n) is 2.97. The lowest BCUT2D eigenvalue weighted by Crippen LogP contribution is -2.28. The van der Waals surface area contributed by atoms with Crippen LogP contribution in [0.25, 0.3) is 0 Å². The molecular formula is C21H16F10N2O2. The van der Waals surface area contributed by atoms with Crippen LogP contribution in [-0.4, -0.2) is 24.9 Å². The highest BCUT2D eigenvalue weighted by Crippen LogP contribution is 2.24. The average Bonchev–Trinajstić information content (AvgIpc) is 2.83. The second-order valence-electron chi connectivity index (χ2n) is 7.17. The first kappa shape index (κ1) is 27.9. The van der Waals surface area contributed by atoms with E-state index in [0.717, 1.165) is 0 Å². The Morgan fingerprint density at radius 2 is 0.629 bits per heavy atom. The van der Waals surface area contributed by atoms with Crippen LogP contribution in [0.4, 0.5) is 43.9 Å². The zero-order valence-electron chi connectivity index (χ0n) is 17.5. The zero-order chi connectivity index (χ0) is 26.4. The van der Waals surface area contributed by atoms with Gasteiger partial charge < -0.3 is 10.6 Å². The maximum absolute atomic E-state index is 13.6. The summed E-state index contributed by atoms with van der Waals surface area (Å²) in [4.78, 5) is 23.5. The van der Waals surface area contributed by atoms with Crippen molar-refractivity contribution in [2.45, 2.75) is 32.1 Å². The topological polar surface area (TPSA) is 58.2 Å². The molecule has 0 radical (unpaired) electrons. The number of carbonyl (C=O) groups is 2. The molecule has 0 aromatic heterocycles. The zero-order valence-corrected chi connectivity index (χ0v) is 17.5. The van der Waals surface area contributed by atoms with Crippen LogP contribution in [0.1, 0.15) is 52.8 Å². The molecule has 2 aromatic rings. The maximum atomic E-state index is 13.6. The molecule has 0 atom stereocenters. The first-order chi connectivity index (χ1) is 16.4. The van der Waals surface area contributed by atoms with E-state index in [-0.39, 0.29) is 25.9 Å². The van der Waals surface area contributed by atoms with Crippen molar-refractivity contribution in [1.29, 1.82) is 0 Å². The number of rotatable bonds is 10. The van der Waals surface area contributed by atoms with Crippen LogP contribution in [0.2, 0.25) is 0 Å². The van der Waals surface area contributed by atoms with E-state index in [2.05, 4.69) is 0 Å². The van der Waals surface area contributed by atoms with Crippen LogP contribution in [0.3, 0.4) is 0 Å². The summed E-state index contributed by atoms with van der Waals surface area (Å²) in [5.41, 5.74) is -3.21. The van der Waals surface area contributed by atoms with Gasteiger partial charge in [-0.05, 0) is 12.8 Å². The summed E-state index contributed by atoms with van der Waals surface area (Å²) >= 11 is 0. The van der Waals surface area contributed by atoms with E-state index in [1.807, 2.05) is 10.6 Å². The standard InChI is InChI=1S/C21H16F10N2O2/c22-10-8(11(23)15(27)18(30)14(10)26)20(34)32-6-4-2-1-3-5-7-33-21(35)9-12(24)16(28)19(31)17(29)13(9)25/h1-7H2,(H,32,34)(H,33,35). The molecule has 0 fully saturated rings. The van der Waals surface area contributed by atoms with E-state index in [1.165, 1.54) is 0 Å². The van der Waals surface area contributed by atoms with Crippen LogP contribution in [-0.2, 0) is 0 Å². The minimum Gasteiger partial charge on any atom is -0.352 e. The number of benzene rings is 2. The summed E-state index contributed by atoms with van der Waals surface area (Å²) in [5, 5.41) is 4.05. The molecule has 2 aromatic carbocycles. The molecule has 0 spiro atoms. The van der Waals surface area contributed by atoms with Gasteiger partial charge in [-0.2, -0.15) is 0 Å². The van der Waals surface area contributed by atoms with Crippen LogP contribution >= 0.6 is 0 Å². The number of halogens is 10. The molecule has 0 unspecified atom stereocenters. The van der Waals surface area contributed by atoms with Crippen LogP contribution in [0, 0.1) is 58.2 Å². The predicted octanol–water partition coefficient (Wildman–Crippen LogP) is 5.19. The van der Waals surface area contributed by atoms with Gasteiger partial charge >= 0.3 is 0 Å². The molecule has 2 amide bonds. The largest absolute Gasteiger partial charge is 0.352 e. The van der Waals surface area contributed by atoms with Crippen molar-refractivity contribution < 1.29 is 53.5 Å². The number of amides is 2. The Morgan fingerprint density at radius 3 is 0.914 bits per heavy atom. The Labute approximate surface area is 191 Å². The van der Waals surface area contributed by atoms with Gasteiger partial charge in [-0.15, -0.1) is 0 Å². The van der Waals surface area contributed by atoms with Crippen molar-refractivity contribution in [2.24, 2.45) is 0 Å². The van der Waals surface area contributed by atoms with Crippen molar-refractivity contribution in [3.8, 4) is 0 Å². The molecule has 4 nitrogen and oxygen atoms in total. The lowest BCUT2D eigenvalue weighted by atomic mass is 10.1. The molecule has 0 saturated carbocycles. The number of hydrogen-bond donors (Lipinski definition) is 2. The highest BCUT2D eigenvalue weighted by Gasteiger charge is 2.30. The minimum absolute atomic E-state index is 0.157. The molecule has 0 aliphatic carbocycles. The Kier molecular flexibility index (Phi) is 9.48. The van der Waals surface area contributed by atoms with Gasteiger partial charge in [0.25, 0.3) is 11.8 Å². The minimum atomic E-state index is -2.39. The molecular weight excluding hydrogens is 502 g/mol. The molecule has 192 valence electrons. The van der Waals surface area contributed by atoms with Gasteiger partial charge in [0.1, 0.15) is 11.1 Å². The quantitative estimate of drug-likeness (QED) is 0.197. The summed E-state index contributed by atoms with van der Waals surface area (Å²) in [7, 11) is 0. The molecule has 2 N–H and O–H groups in total. The van der Waals surface area contributed by atoms with Crippen molar-refractivity contribution in [1.82, 2.24) is 10.6 Å². The molecule has 2 rings (SSSR count). The highest BCUT2D eigenvalue weighted by atomic mass is 19.2. The Balaban J connectivity index is 1.71. The Bertz CT molecular complexity index is 995. The molecule has 14 heteroatoms. The van der Waals surface area contributed by atoms with E-state index in [1.54, 1.807) is 0 Å². The highest BCUT2D eigenvalue weighted by molar-refractivity contribution is 5.95. The van der Waals surface area contributed by atoms with Gasteiger partial charge in [0.15, 0.2) is 46.5 Å². The van der Waals surface area contributed by atoms with Crippen molar-refractivity contribution in [3.63, 3.8) is 0 Å². The summed E-state index contributed by atoms with van der Waals surface area (Å²) in [5.74, 6) is -25.8. The summed E-state index contributed by atoms with van der Waals surface area (Å²) in [6.45, 7) is -0.315. The second kappa shape index (κ2) is 11.9. The number of unbranched alkanes of at least 4 members (excludes halogenated alkanes) is 4. The van der Waals surface area contributed by atoms with Gasteiger partial charge in [-0.1, -0.05) is 19.3 Å². The Hall–Kier alpha value is -3.32. The number of hydrogen-bond acceptors (Lipinski definition) is 2. The van der Waals surface area contributed by atoms with E-state index >= 15 is 0 Å². The summed E-state index contributed by atoms with van der Waals surface area (Å²) in [6.07, 6.45) is 1.80. The SMILES string of the molecule is O=C(NCCCCCCCNC(=O)c1c(F)c(F)c(F)c(F)c1F)c1c(F)c(F)c(F)c(F)c1F. The smallest absolute Gasteiger partial charge is 0.257 e. The van der Waals surface area contributed by atoms with Gasteiger partial charge in [0, 0.05) is 13.1 Å². The van der Waals surface area contributed by atoms with Crippen molar-refractivity contribution in [3.05, 3.63) is 69.3 Å². The first-order valence-corrected chi connectivity index (χ1v) is 10.0. The van der Waals surface area contributed by atoms with Gasteiger partial charge in [0.2, 0.25) is 11.6 Å². The summed E-state index contributed by atoms with van der Waals surface area (Å²) < 4.78 is 133. The van der Waals surface area contributed by atoms with Crippen molar-refractivity contribution in [2.75, 3.05) is 13.1 Å². The molecule has 0 bridgehead atoms. The molecule has 0 aliphatic rings. The number of nitrogens with one attached hydrogen (secondary N) is 2. The third-order valence-corrected chi connectivity index (χ3v) is 4.80. The van der Waals surface area contributed by atoms with Crippen LogP contribution < -0.4 is 10.6 Å². The Morgan fingerprint density at radius 1 is 0.400 bits per heavy atom. The second-order valence-corrected chi connectivity index (χ2v) is 7.17. The predicted molar refractivity (Wildman–Crippen MR) is 100 cm³/mol. The third-order valence-electron chi connectivity index (χ3n) is 4.80. The molecule has 0 heterocycles. The first-order valence-electron chi connectivity index (χ1n) is 10.0. The monoisotopic (exact) mass is 518 g/mol. The van der Waals surface area contributed by atoms with Gasteiger partial charge in [-0.3, -0.25) is 9.59 Å². The van der Waals surface area contributed by atoms with Crippen LogP contribution in [0.15, 0.2) is 0 Å². The normalized spacial score (nSPS) is 11.0. The number of carbonyl (C=O) groups excluding carboxylic acids is 2. The fourth-order valence-corrected chi connectivity index (χ4v) is 2.97. The third kappa shape index (κ3) is 6.03. The molecule has 0 saturated heterocycles. The molecule has 35 heavy (non-hydrogen) atoms. The maximum Gasteiger partial charge on any atom is 0.257 e. The lowest BCUT2D eigenvalue weighted by Gasteiger charge is -2.10. The van der Waals surface area contributed by atoms with E-state index < -0.39 is 81.1 Å². The molecule has 0 aliphatic heterocycles.